The summed E-state index contributed by atoms with van der Waals surface area (Å²) >= 11 is 0. The summed E-state index contributed by atoms with van der Waals surface area (Å²) in [7, 11) is 0. The van der Waals surface area contributed by atoms with Crippen molar-refractivity contribution in [2.45, 2.75) is 71.1 Å². The first-order valence-electron chi connectivity index (χ1n) is 8.02. The van der Waals surface area contributed by atoms with Crippen LogP contribution < -0.4 is 0 Å². The van der Waals surface area contributed by atoms with E-state index in [-0.39, 0.29) is 0 Å². The molecule has 0 aliphatic carbocycles. The van der Waals surface area contributed by atoms with Gasteiger partial charge in [-0.2, -0.15) is 0 Å². The molecule has 0 bridgehead atoms. The van der Waals surface area contributed by atoms with E-state index in [1.807, 2.05) is 0 Å². The number of benzene rings is 1. The third-order valence-electron chi connectivity index (χ3n) is 3.70. The Labute approximate surface area is 123 Å². The van der Waals surface area contributed by atoms with Crippen molar-refractivity contribution in [3.8, 4) is 0 Å². The highest BCUT2D eigenvalue weighted by Crippen LogP contribution is 2.12. The van der Waals surface area contributed by atoms with Crippen molar-refractivity contribution in [3.63, 3.8) is 0 Å². The number of aliphatic carboxylic acids is 1. The average molecular weight is 276 g/mol. The van der Waals surface area contributed by atoms with Gasteiger partial charge in [0.2, 0.25) is 0 Å². The number of hydrogen-bond donors (Lipinski definition) is 1. The summed E-state index contributed by atoms with van der Waals surface area (Å²) in [4.78, 5) is 10.4. The van der Waals surface area contributed by atoms with Gasteiger partial charge in [-0.15, -0.1) is 0 Å². The summed E-state index contributed by atoms with van der Waals surface area (Å²) < 4.78 is 0. The molecule has 0 aliphatic rings. The summed E-state index contributed by atoms with van der Waals surface area (Å²) in [6, 6.07) is 8.95. The van der Waals surface area contributed by atoms with Gasteiger partial charge in [0, 0.05) is 6.42 Å². The van der Waals surface area contributed by atoms with Crippen LogP contribution >= 0.6 is 0 Å². The summed E-state index contributed by atoms with van der Waals surface area (Å²) in [6.07, 6.45) is 10.7. The van der Waals surface area contributed by atoms with E-state index in [1.54, 1.807) is 0 Å². The van der Waals surface area contributed by atoms with Crippen LogP contribution in [0.5, 0.6) is 0 Å². The van der Waals surface area contributed by atoms with E-state index in [0.29, 0.717) is 6.42 Å². The Morgan fingerprint density at radius 3 is 1.80 bits per heavy atom. The van der Waals surface area contributed by atoms with Crippen LogP contribution in [0, 0.1) is 0 Å². The third kappa shape index (κ3) is 7.98. The maximum Gasteiger partial charge on any atom is 0.303 e. The van der Waals surface area contributed by atoms with Gasteiger partial charge in [0.15, 0.2) is 0 Å². The van der Waals surface area contributed by atoms with Crippen molar-refractivity contribution in [2.75, 3.05) is 0 Å². The maximum absolute atomic E-state index is 10.4. The molecule has 1 rings (SSSR count). The molecule has 0 fully saturated rings. The minimum absolute atomic E-state index is 0.302. The zero-order valence-corrected chi connectivity index (χ0v) is 12.7. The average Bonchev–Trinajstić information content (AvgIpc) is 2.44. The fourth-order valence-electron chi connectivity index (χ4n) is 2.41. The molecule has 2 heteroatoms. The van der Waals surface area contributed by atoms with E-state index >= 15 is 0 Å². The lowest BCUT2D eigenvalue weighted by Crippen LogP contribution is -1.94. The Balaban J connectivity index is 2.16. The molecular formula is C18H28O2. The number of carboxylic acid groups (broad SMARTS) is 1. The number of aryl methyl sites for hydroxylation is 2. The topological polar surface area (TPSA) is 37.3 Å². The minimum atomic E-state index is -0.683. The summed E-state index contributed by atoms with van der Waals surface area (Å²) in [6.45, 7) is 2.24. The van der Waals surface area contributed by atoms with Gasteiger partial charge in [-0.25, -0.2) is 0 Å². The molecule has 0 saturated heterocycles. The second-order valence-corrected chi connectivity index (χ2v) is 5.58. The molecule has 0 heterocycles. The Bertz CT molecular complexity index is 368. The number of unbranched alkanes of at least 4 members (excludes halogenated alkanes) is 5. The van der Waals surface area contributed by atoms with Crippen LogP contribution in [0.4, 0.5) is 0 Å². The summed E-state index contributed by atoms with van der Waals surface area (Å²) in [5.41, 5.74) is 2.81. The predicted molar refractivity (Wildman–Crippen MR) is 84.1 cm³/mol. The van der Waals surface area contributed by atoms with E-state index in [0.717, 1.165) is 25.7 Å². The van der Waals surface area contributed by atoms with Crippen molar-refractivity contribution in [3.05, 3.63) is 35.4 Å². The van der Waals surface area contributed by atoms with Crippen molar-refractivity contribution in [1.82, 2.24) is 0 Å². The fraction of sp³-hybridized carbons (Fsp3) is 0.611. The molecule has 1 aromatic rings. The van der Waals surface area contributed by atoms with Crippen molar-refractivity contribution in [2.24, 2.45) is 0 Å². The second kappa shape index (κ2) is 10.5. The van der Waals surface area contributed by atoms with Crippen LogP contribution in [-0.4, -0.2) is 11.1 Å². The van der Waals surface area contributed by atoms with Gasteiger partial charge in [-0.1, -0.05) is 56.9 Å². The van der Waals surface area contributed by atoms with Crippen LogP contribution in [0.25, 0.3) is 0 Å². The molecule has 0 unspecified atom stereocenters. The highest BCUT2D eigenvalue weighted by Gasteiger charge is 1.98. The Morgan fingerprint density at radius 1 is 0.850 bits per heavy atom. The lowest BCUT2D eigenvalue weighted by molar-refractivity contribution is -0.137. The lowest BCUT2D eigenvalue weighted by Gasteiger charge is -2.04. The molecule has 20 heavy (non-hydrogen) atoms. The predicted octanol–water partition coefficient (Wildman–Crippen LogP) is 5.00. The van der Waals surface area contributed by atoms with Gasteiger partial charge in [0.25, 0.3) is 0 Å². The van der Waals surface area contributed by atoms with Crippen LogP contribution in [-0.2, 0) is 17.6 Å². The van der Waals surface area contributed by atoms with Gasteiger partial charge in [0.05, 0.1) is 0 Å². The van der Waals surface area contributed by atoms with E-state index in [2.05, 4.69) is 31.2 Å². The maximum atomic E-state index is 10.4. The van der Waals surface area contributed by atoms with Gasteiger partial charge in [0.1, 0.15) is 0 Å². The molecule has 1 aromatic carbocycles. The first-order chi connectivity index (χ1) is 9.72. The van der Waals surface area contributed by atoms with E-state index in [9.17, 15) is 4.79 Å². The first kappa shape index (κ1) is 16.7. The second-order valence-electron chi connectivity index (χ2n) is 5.58. The SMILES string of the molecule is CCCCCCc1ccc(CCCCCC(=O)O)cc1. The number of rotatable bonds is 11. The molecule has 1 N–H and O–H groups in total. The van der Waals surface area contributed by atoms with Crippen molar-refractivity contribution >= 4 is 5.97 Å². The van der Waals surface area contributed by atoms with E-state index in [4.69, 9.17) is 5.11 Å². The zero-order valence-electron chi connectivity index (χ0n) is 12.7. The van der Waals surface area contributed by atoms with E-state index in [1.165, 1.54) is 43.2 Å². The summed E-state index contributed by atoms with van der Waals surface area (Å²) in [5.74, 6) is -0.683. The van der Waals surface area contributed by atoms with Crippen LogP contribution in [0.3, 0.4) is 0 Å². The fourth-order valence-corrected chi connectivity index (χ4v) is 2.41. The number of carboxylic acids is 1. The Hall–Kier alpha value is -1.31. The highest BCUT2D eigenvalue weighted by molar-refractivity contribution is 5.66. The molecule has 0 amide bonds. The number of hydrogen-bond acceptors (Lipinski definition) is 1. The third-order valence-corrected chi connectivity index (χ3v) is 3.70. The van der Waals surface area contributed by atoms with Crippen LogP contribution in [0.1, 0.15) is 69.4 Å². The van der Waals surface area contributed by atoms with Gasteiger partial charge < -0.3 is 5.11 Å². The molecule has 0 radical (unpaired) electrons. The first-order valence-corrected chi connectivity index (χ1v) is 8.02. The molecule has 0 saturated carbocycles. The molecule has 0 aromatic heterocycles. The van der Waals surface area contributed by atoms with Gasteiger partial charge >= 0.3 is 5.97 Å². The lowest BCUT2D eigenvalue weighted by atomic mass is 10.0. The normalized spacial score (nSPS) is 10.7. The molecule has 0 atom stereocenters. The smallest absolute Gasteiger partial charge is 0.303 e. The van der Waals surface area contributed by atoms with Crippen molar-refractivity contribution in [1.29, 1.82) is 0 Å². The van der Waals surface area contributed by atoms with E-state index < -0.39 is 5.97 Å². The largest absolute Gasteiger partial charge is 0.481 e. The standard InChI is InChI=1S/C18H28O2/c1-2-3-4-6-9-16-12-14-17(15-13-16)10-7-5-8-11-18(19)20/h12-15H,2-11H2,1H3,(H,19,20). The molecule has 0 aliphatic heterocycles. The van der Waals surface area contributed by atoms with Crippen LogP contribution in [0.2, 0.25) is 0 Å². The monoisotopic (exact) mass is 276 g/mol. The minimum Gasteiger partial charge on any atom is -0.481 e. The summed E-state index contributed by atoms with van der Waals surface area (Å²) in [5, 5.41) is 8.56. The number of carbonyl (C=O) groups is 1. The molecule has 2 nitrogen and oxygen atoms in total. The Morgan fingerprint density at radius 2 is 1.35 bits per heavy atom. The molecule has 0 spiro atoms. The van der Waals surface area contributed by atoms with Crippen LogP contribution in [0.15, 0.2) is 24.3 Å². The van der Waals surface area contributed by atoms with Crippen molar-refractivity contribution < 1.29 is 9.90 Å². The Kier molecular flexibility index (Phi) is 8.77. The van der Waals surface area contributed by atoms with Gasteiger partial charge in [-0.3, -0.25) is 4.79 Å². The van der Waals surface area contributed by atoms with Gasteiger partial charge in [-0.05, 0) is 43.2 Å². The molecule has 112 valence electrons. The quantitative estimate of drug-likeness (QED) is 0.578. The molecular weight excluding hydrogens is 248 g/mol. The zero-order chi connectivity index (χ0) is 14.6. The highest BCUT2D eigenvalue weighted by atomic mass is 16.4.